The molecule has 0 saturated carbocycles. The van der Waals surface area contributed by atoms with Crippen LogP contribution in [0.2, 0.25) is 0 Å². The van der Waals surface area contributed by atoms with E-state index in [-0.39, 0.29) is 6.04 Å². The number of methoxy groups -OCH3 is 1. The van der Waals surface area contributed by atoms with Crippen LogP contribution in [0, 0.1) is 0 Å². The van der Waals surface area contributed by atoms with Gasteiger partial charge in [0, 0.05) is 13.2 Å². The molecule has 0 aliphatic carbocycles. The van der Waals surface area contributed by atoms with E-state index in [1.165, 1.54) is 5.56 Å². The Morgan fingerprint density at radius 1 is 0.950 bits per heavy atom. The highest BCUT2D eigenvalue weighted by Crippen LogP contribution is 2.23. The topological polar surface area (TPSA) is 44.5 Å². The van der Waals surface area contributed by atoms with Gasteiger partial charge in [-0.3, -0.25) is 0 Å². The molecule has 0 saturated heterocycles. The highest BCUT2D eigenvalue weighted by atomic mass is 16.5. The van der Waals surface area contributed by atoms with Crippen LogP contribution < -0.4 is 10.5 Å². The molecular weight excluding hydrogens is 250 g/mol. The first kappa shape index (κ1) is 14.6. The zero-order valence-electron chi connectivity index (χ0n) is 12.0. The molecule has 0 bridgehead atoms. The summed E-state index contributed by atoms with van der Waals surface area (Å²) in [4.78, 5) is 0. The Labute approximate surface area is 120 Å². The second kappa shape index (κ2) is 7.08. The predicted octanol–water partition coefficient (Wildman–Crippen LogP) is 3.69. The summed E-state index contributed by atoms with van der Waals surface area (Å²) in [6, 6.07) is 16.0. The SMILES string of the molecule is COCCc1ccc(Oc2ccc(C(C)N)cc2)cc1. The van der Waals surface area contributed by atoms with E-state index < -0.39 is 0 Å². The predicted molar refractivity (Wildman–Crippen MR) is 81.1 cm³/mol. The molecule has 0 aromatic heterocycles. The van der Waals surface area contributed by atoms with Crippen LogP contribution in [0.3, 0.4) is 0 Å². The van der Waals surface area contributed by atoms with E-state index in [0.29, 0.717) is 0 Å². The normalized spacial score (nSPS) is 12.2. The fraction of sp³-hybridized carbons (Fsp3) is 0.294. The van der Waals surface area contributed by atoms with E-state index >= 15 is 0 Å². The number of hydrogen-bond donors (Lipinski definition) is 1. The Bertz CT molecular complexity index is 518. The minimum absolute atomic E-state index is 0.0455. The maximum absolute atomic E-state index is 5.82. The largest absolute Gasteiger partial charge is 0.457 e. The molecule has 0 heterocycles. The van der Waals surface area contributed by atoms with Crippen molar-refractivity contribution in [2.24, 2.45) is 5.73 Å². The van der Waals surface area contributed by atoms with Crippen LogP contribution in [-0.4, -0.2) is 13.7 Å². The van der Waals surface area contributed by atoms with Crippen molar-refractivity contribution >= 4 is 0 Å². The zero-order chi connectivity index (χ0) is 14.4. The van der Waals surface area contributed by atoms with Crippen LogP contribution in [0.25, 0.3) is 0 Å². The molecule has 0 fully saturated rings. The second-order valence-corrected chi connectivity index (χ2v) is 4.85. The first-order chi connectivity index (χ1) is 9.69. The van der Waals surface area contributed by atoms with E-state index in [2.05, 4.69) is 12.1 Å². The van der Waals surface area contributed by atoms with Gasteiger partial charge in [-0.15, -0.1) is 0 Å². The van der Waals surface area contributed by atoms with Gasteiger partial charge in [-0.2, -0.15) is 0 Å². The summed E-state index contributed by atoms with van der Waals surface area (Å²) >= 11 is 0. The third kappa shape index (κ3) is 4.08. The van der Waals surface area contributed by atoms with Crippen molar-refractivity contribution in [2.75, 3.05) is 13.7 Å². The molecule has 2 aromatic carbocycles. The van der Waals surface area contributed by atoms with E-state index in [4.69, 9.17) is 15.2 Å². The molecule has 2 rings (SSSR count). The molecule has 0 amide bonds. The molecule has 3 nitrogen and oxygen atoms in total. The second-order valence-electron chi connectivity index (χ2n) is 4.85. The molecule has 106 valence electrons. The van der Waals surface area contributed by atoms with Crippen molar-refractivity contribution in [1.82, 2.24) is 0 Å². The van der Waals surface area contributed by atoms with Gasteiger partial charge in [0.15, 0.2) is 0 Å². The Morgan fingerprint density at radius 3 is 2.00 bits per heavy atom. The van der Waals surface area contributed by atoms with Gasteiger partial charge in [-0.05, 0) is 48.7 Å². The van der Waals surface area contributed by atoms with Crippen molar-refractivity contribution in [3.63, 3.8) is 0 Å². The number of benzene rings is 2. The van der Waals surface area contributed by atoms with Gasteiger partial charge in [-0.25, -0.2) is 0 Å². The fourth-order valence-electron chi connectivity index (χ4n) is 1.92. The summed E-state index contributed by atoms with van der Waals surface area (Å²) in [5, 5.41) is 0. The van der Waals surface area contributed by atoms with E-state index in [0.717, 1.165) is 30.1 Å². The van der Waals surface area contributed by atoms with Crippen molar-refractivity contribution in [2.45, 2.75) is 19.4 Å². The Kier molecular flexibility index (Phi) is 5.16. The van der Waals surface area contributed by atoms with Crippen LogP contribution in [0.15, 0.2) is 48.5 Å². The smallest absolute Gasteiger partial charge is 0.127 e. The lowest BCUT2D eigenvalue weighted by Crippen LogP contribution is -2.04. The van der Waals surface area contributed by atoms with Crippen LogP contribution in [0.5, 0.6) is 11.5 Å². The molecule has 1 atom stereocenters. The Hall–Kier alpha value is -1.84. The van der Waals surface area contributed by atoms with Crippen molar-refractivity contribution in [1.29, 1.82) is 0 Å². The fourth-order valence-corrected chi connectivity index (χ4v) is 1.92. The third-order valence-electron chi connectivity index (χ3n) is 3.16. The number of rotatable bonds is 6. The summed E-state index contributed by atoms with van der Waals surface area (Å²) in [7, 11) is 1.71. The van der Waals surface area contributed by atoms with Gasteiger partial charge in [0.2, 0.25) is 0 Å². The summed E-state index contributed by atoms with van der Waals surface area (Å²) < 4.78 is 10.9. The molecule has 20 heavy (non-hydrogen) atoms. The molecule has 0 radical (unpaired) electrons. The number of hydrogen-bond acceptors (Lipinski definition) is 3. The van der Waals surface area contributed by atoms with Crippen LogP contribution >= 0.6 is 0 Å². The van der Waals surface area contributed by atoms with E-state index in [1.54, 1.807) is 7.11 Å². The van der Waals surface area contributed by atoms with Crippen molar-refractivity contribution in [3.8, 4) is 11.5 Å². The Balaban J connectivity index is 1.98. The molecule has 0 aliphatic heterocycles. The highest BCUT2D eigenvalue weighted by Gasteiger charge is 2.01. The highest BCUT2D eigenvalue weighted by molar-refractivity contribution is 5.35. The Morgan fingerprint density at radius 2 is 1.50 bits per heavy atom. The van der Waals surface area contributed by atoms with Crippen LogP contribution in [0.4, 0.5) is 0 Å². The summed E-state index contributed by atoms with van der Waals surface area (Å²) in [6.07, 6.45) is 0.917. The minimum atomic E-state index is 0.0455. The van der Waals surface area contributed by atoms with Crippen LogP contribution in [0.1, 0.15) is 24.1 Å². The van der Waals surface area contributed by atoms with Gasteiger partial charge >= 0.3 is 0 Å². The van der Waals surface area contributed by atoms with Gasteiger partial charge in [0.05, 0.1) is 6.61 Å². The lowest BCUT2D eigenvalue weighted by molar-refractivity contribution is 0.202. The maximum atomic E-state index is 5.82. The van der Waals surface area contributed by atoms with Crippen molar-refractivity contribution in [3.05, 3.63) is 59.7 Å². The first-order valence-corrected chi connectivity index (χ1v) is 6.80. The quantitative estimate of drug-likeness (QED) is 0.871. The zero-order valence-corrected chi connectivity index (χ0v) is 12.0. The van der Waals surface area contributed by atoms with Gasteiger partial charge in [0.25, 0.3) is 0 Å². The monoisotopic (exact) mass is 271 g/mol. The third-order valence-corrected chi connectivity index (χ3v) is 3.16. The number of nitrogens with two attached hydrogens (primary N) is 1. The average molecular weight is 271 g/mol. The van der Waals surface area contributed by atoms with E-state index in [1.807, 2.05) is 43.3 Å². The van der Waals surface area contributed by atoms with Crippen LogP contribution in [-0.2, 0) is 11.2 Å². The average Bonchev–Trinajstić information content (AvgIpc) is 2.47. The summed E-state index contributed by atoms with van der Waals surface area (Å²) in [6.45, 7) is 2.70. The molecular formula is C17H21NO2. The summed E-state index contributed by atoms with van der Waals surface area (Å²) in [5.41, 5.74) is 8.17. The number of ether oxygens (including phenoxy) is 2. The standard InChI is InChI=1S/C17H21NO2/c1-13(18)15-5-9-17(10-6-15)20-16-7-3-14(4-8-16)11-12-19-2/h3-10,13H,11-12,18H2,1-2H3. The maximum Gasteiger partial charge on any atom is 0.127 e. The van der Waals surface area contributed by atoms with Gasteiger partial charge < -0.3 is 15.2 Å². The van der Waals surface area contributed by atoms with Gasteiger partial charge in [-0.1, -0.05) is 24.3 Å². The minimum Gasteiger partial charge on any atom is -0.457 e. The summed E-state index contributed by atoms with van der Waals surface area (Å²) in [5.74, 6) is 1.65. The van der Waals surface area contributed by atoms with Crippen molar-refractivity contribution < 1.29 is 9.47 Å². The lowest BCUT2D eigenvalue weighted by atomic mass is 10.1. The molecule has 0 spiro atoms. The molecule has 3 heteroatoms. The molecule has 0 aliphatic rings. The first-order valence-electron chi connectivity index (χ1n) is 6.80. The van der Waals surface area contributed by atoms with Gasteiger partial charge in [0.1, 0.15) is 11.5 Å². The lowest BCUT2D eigenvalue weighted by Gasteiger charge is -2.09. The molecule has 1 unspecified atom stereocenters. The molecule has 2 N–H and O–H groups in total. The molecule has 2 aromatic rings. The van der Waals surface area contributed by atoms with E-state index in [9.17, 15) is 0 Å².